The zero-order valence-corrected chi connectivity index (χ0v) is 8.33. The number of alkyl halides is 3. The first-order valence-corrected chi connectivity index (χ1v) is 4.32. The van der Waals surface area contributed by atoms with Crippen LogP contribution in [-0.4, -0.2) is 17.4 Å². The zero-order chi connectivity index (χ0) is 13.1. The lowest BCUT2D eigenvalue weighted by atomic mass is 10.1. The largest absolute Gasteiger partial charge is 0.573 e. The van der Waals surface area contributed by atoms with Gasteiger partial charge in [-0.15, -0.1) is 13.2 Å². The van der Waals surface area contributed by atoms with Gasteiger partial charge in [0.05, 0.1) is 0 Å². The van der Waals surface area contributed by atoms with Crippen molar-refractivity contribution in [1.29, 1.82) is 0 Å². The Hall–Kier alpha value is -1.99. The number of hydrogen-bond donors (Lipinski definition) is 2. The fourth-order valence-corrected chi connectivity index (χ4v) is 1.11. The number of halogens is 4. The molecule has 17 heavy (non-hydrogen) atoms. The van der Waals surface area contributed by atoms with Gasteiger partial charge in [-0.3, -0.25) is 0 Å². The lowest BCUT2D eigenvalue weighted by Gasteiger charge is -2.10. The molecule has 0 aliphatic heterocycles. The highest BCUT2D eigenvalue weighted by Gasteiger charge is 2.31. The number of amidine groups is 1. The number of nitrogens with two attached hydrogens (primary N) is 1. The predicted molar refractivity (Wildman–Crippen MR) is 50.2 cm³/mol. The van der Waals surface area contributed by atoms with Crippen LogP contribution >= 0.6 is 0 Å². The van der Waals surface area contributed by atoms with Crippen LogP contribution in [0.4, 0.5) is 17.6 Å². The Morgan fingerprint density at radius 3 is 2.59 bits per heavy atom. The molecular weight excluding hydrogens is 244 g/mol. The molecule has 3 N–H and O–H groups in total. The Kier molecular flexibility index (Phi) is 3.77. The van der Waals surface area contributed by atoms with Gasteiger partial charge in [-0.25, -0.2) is 4.39 Å². The van der Waals surface area contributed by atoms with Crippen LogP contribution in [0, 0.1) is 5.82 Å². The molecule has 0 unspecified atom stereocenters. The molecule has 0 spiro atoms. The molecule has 0 saturated carbocycles. The minimum absolute atomic E-state index is 0.165. The monoisotopic (exact) mass is 252 g/mol. The molecule has 0 saturated heterocycles. The summed E-state index contributed by atoms with van der Waals surface area (Å²) < 4.78 is 52.5. The molecule has 8 heteroatoms. The lowest BCUT2D eigenvalue weighted by Crippen LogP contribution is -2.18. The quantitative estimate of drug-likeness (QED) is 0.284. The van der Waals surface area contributed by atoms with E-state index in [4.69, 9.17) is 10.9 Å². The Labute approximate surface area is 93.3 Å². The van der Waals surface area contributed by atoms with E-state index in [1.807, 2.05) is 0 Å². The third-order valence-corrected chi connectivity index (χ3v) is 1.75. The Balaban J connectivity index is 2.94. The number of hydrogen-bond acceptors (Lipinski definition) is 3. The first kappa shape index (κ1) is 13.1. The Morgan fingerprint density at radius 1 is 1.41 bits per heavy atom. The van der Waals surface area contributed by atoms with Gasteiger partial charge in [-0.2, -0.15) is 0 Å². The maximum absolute atomic E-state index is 13.2. The molecular formula is C9H8F4N2O2. The summed E-state index contributed by atoms with van der Waals surface area (Å²) in [6, 6.07) is 2.47. The van der Waals surface area contributed by atoms with E-state index in [-0.39, 0.29) is 17.8 Å². The summed E-state index contributed by atoms with van der Waals surface area (Å²) in [6.45, 7) is 0. The van der Waals surface area contributed by atoms with Gasteiger partial charge < -0.3 is 15.7 Å². The average molecular weight is 252 g/mol. The molecule has 0 amide bonds. The van der Waals surface area contributed by atoms with Gasteiger partial charge in [0.2, 0.25) is 0 Å². The zero-order valence-electron chi connectivity index (χ0n) is 8.33. The number of ether oxygens (including phenoxy) is 1. The second-order valence-corrected chi connectivity index (χ2v) is 3.07. The maximum Gasteiger partial charge on any atom is 0.573 e. The number of rotatable bonds is 3. The van der Waals surface area contributed by atoms with Crippen LogP contribution < -0.4 is 10.5 Å². The van der Waals surface area contributed by atoms with Crippen molar-refractivity contribution in [2.45, 2.75) is 12.8 Å². The molecule has 0 aromatic heterocycles. The van der Waals surface area contributed by atoms with Crippen LogP contribution in [0.5, 0.6) is 5.75 Å². The Bertz CT molecular complexity index is 431. The average Bonchev–Trinajstić information content (AvgIpc) is 2.20. The minimum Gasteiger partial charge on any atom is -0.409 e. The van der Waals surface area contributed by atoms with Gasteiger partial charge in [0.25, 0.3) is 0 Å². The summed E-state index contributed by atoms with van der Waals surface area (Å²) in [6.07, 6.45) is -5.18. The highest BCUT2D eigenvalue weighted by atomic mass is 19.4. The molecule has 0 radical (unpaired) electrons. The van der Waals surface area contributed by atoms with Gasteiger partial charge in [-0.1, -0.05) is 5.16 Å². The summed E-state index contributed by atoms with van der Waals surface area (Å²) in [5.41, 5.74) is 4.96. The van der Waals surface area contributed by atoms with E-state index >= 15 is 0 Å². The van der Waals surface area contributed by atoms with Crippen LogP contribution in [0.3, 0.4) is 0 Å². The molecule has 4 nitrogen and oxygen atoms in total. The van der Waals surface area contributed by atoms with Crippen LogP contribution in [-0.2, 0) is 6.42 Å². The van der Waals surface area contributed by atoms with E-state index in [1.165, 1.54) is 0 Å². The predicted octanol–water partition coefficient (Wildman–Crippen LogP) is 2.01. The summed E-state index contributed by atoms with van der Waals surface area (Å²) in [5.74, 6) is -1.67. The fraction of sp³-hybridized carbons (Fsp3) is 0.222. The van der Waals surface area contributed by atoms with E-state index in [2.05, 4.69) is 9.89 Å². The first-order valence-electron chi connectivity index (χ1n) is 4.32. The molecule has 1 aromatic carbocycles. The van der Waals surface area contributed by atoms with Crippen molar-refractivity contribution in [2.24, 2.45) is 10.9 Å². The lowest BCUT2D eigenvalue weighted by molar-refractivity contribution is -0.274. The van der Waals surface area contributed by atoms with E-state index in [9.17, 15) is 17.6 Å². The fourth-order valence-electron chi connectivity index (χ4n) is 1.11. The molecule has 0 atom stereocenters. The highest BCUT2D eigenvalue weighted by Crippen LogP contribution is 2.24. The van der Waals surface area contributed by atoms with Crippen molar-refractivity contribution in [3.05, 3.63) is 29.6 Å². The van der Waals surface area contributed by atoms with Crippen molar-refractivity contribution >= 4 is 5.84 Å². The third kappa shape index (κ3) is 4.17. The van der Waals surface area contributed by atoms with Crippen molar-refractivity contribution in [1.82, 2.24) is 0 Å². The van der Waals surface area contributed by atoms with Gasteiger partial charge in [0, 0.05) is 6.42 Å². The molecule has 0 fully saturated rings. The third-order valence-electron chi connectivity index (χ3n) is 1.75. The van der Waals surface area contributed by atoms with Crippen LogP contribution in [0.25, 0.3) is 0 Å². The smallest absolute Gasteiger partial charge is 0.409 e. The highest BCUT2D eigenvalue weighted by molar-refractivity contribution is 5.82. The van der Waals surface area contributed by atoms with Gasteiger partial charge in [-0.05, 0) is 23.8 Å². The normalized spacial score (nSPS) is 12.6. The van der Waals surface area contributed by atoms with Gasteiger partial charge in [0.15, 0.2) is 0 Å². The number of benzene rings is 1. The topological polar surface area (TPSA) is 67.8 Å². The minimum atomic E-state index is -4.86. The van der Waals surface area contributed by atoms with Gasteiger partial charge >= 0.3 is 6.36 Å². The second-order valence-electron chi connectivity index (χ2n) is 3.07. The van der Waals surface area contributed by atoms with E-state index < -0.39 is 17.9 Å². The van der Waals surface area contributed by atoms with Crippen molar-refractivity contribution < 1.29 is 27.5 Å². The number of nitrogens with zero attached hydrogens (tertiary/aromatic N) is 1. The molecule has 0 heterocycles. The molecule has 1 aromatic rings. The van der Waals surface area contributed by atoms with E-state index in [0.29, 0.717) is 0 Å². The first-order chi connectivity index (χ1) is 7.81. The molecule has 94 valence electrons. The molecule has 1 rings (SSSR count). The standard InChI is InChI=1S/C9H8F4N2O2/c10-7-2-1-6(17-9(11,12)13)3-5(7)4-8(14)15-16/h1-3,16H,4H2,(H2,14,15). The van der Waals surface area contributed by atoms with E-state index in [1.54, 1.807) is 0 Å². The number of oxime groups is 1. The summed E-state index contributed by atoms with van der Waals surface area (Å²) in [7, 11) is 0. The SMILES string of the molecule is NC(Cc1cc(OC(F)(F)F)ccc1F)=NO. The molecule has 0 aliphatic carbocycles. The van der Waals surface area contributed by atoms with E-state index in [0.717, 1.165) is 18.2 Å². The van der Waals surface area contributed by atoms with Crippen molar-refractivity contribution in [3.8, 4) is 5.75 Å². The van der Waals surface area contributed by atoms with Crippen LogP contribution in [0.15, 0.2) is 23.4 Å². The summed E-state index contributed by atoms with van der Waals surface area (Å²) in [5, 5.41) is 10.9. The van der Waals surface area contributed by atoms with Crippen LogP contribution in [0.1, 0.15) is 5.56 Å². The second kappa shape index (κ2) is 4.89. The summed E-state index contributed by atoms with van der Waals surface area (Å²) in [4.78, 5) is 0. The maximum atomic E-state index is 13.2. The van der Waals surface area contributed by atoms with Crippen molar-refractivity contribution in [2.75, 3.05) is 0 Å². The van der Waals surface area contributed by atoms with Gasteiger partial charge in [0.1, 0.15) is 17.4 Å². The van der Waals surface area contributed by atoms with Crippen molar-refractivity contribution in [3.63, 3.8) is 0 Å². The molecule has 0 bridgehead atoms. The summed E-state index contributed by atoms with van der Waals surface area (Å²) >= 11 is 0. The Morgan fingerprint density at radius 2 is 2.06 bits per heavy atom. The molecule has 0 aliphatic rings. The van der Waals surface area contributed by atoms with Crippen LogP contribution in [0.2, 0.25) is 0 Å².